The van der Waals surface area contributed by atoms with Crippen LogP contribution in [0.1, 0.15) is 115 Å². The lowest BCUT2D eigenvalue weighted by atomic mass is 9.73. The van der Waals surface area contributed by atoms with Crippen LogP contribution >= 0.6 is 0 Å². The first-order valence-electron chi connectivity index (χ1n) is 22.0. The van der Waals surface area contributed by atoms with E-state index in [1.807, 2.05) is 53.6 Å². The van der Waals surface area contributed by atoms with Gasteiger partial charge in [0.2, 0.25) is 0 Å². The number of likely N-dealkylation sites (N-methyl/N-ethyl adjacent to an activating group) is 1. The number of Topliss-reactive ketones (excluding diaryl/α,β-unsaturated/α-hetero) is 1. The zero-order valence-electron chi connectivity index (χ0n) is 39.4. The van der Waals surface area contributed by atoms with Crippen molar-refractivity contribution < 1.29 is 67.2 Å². The van der Waals surface area contributed by atoms with Crippen molar-refractivity contribution in [3.05, 3.63) is 0 Å². The lowest BCUT2D eigenvalue weighted by Crippen LogP contribution is -2.62. The molecule has 60 heavy (non-hydrogen) atoms. The molecule has 3 saturated heterocycles. The van der Waals surface area contributed by atoms with Gasteiger partial charge in [-0.3, -0.25) is 9.59 Å². The first-order chi connectivity index (χ1) is 28.0. The number of cyclic esters (lactones) is 1. The summed E-state index contributed by atoms with van der Waals surface area (Å²) >= 11 is 0. The van der Waals surface area contributed by atoms with Crippen molar-refractivity contribution in [2.75, 3.05) is 42.0 Å². The van der Waals surface area contributed by atoms with E-state index >= 15 is 0 Å². The maximum Gasteiger partial charge on any atom is 0.407 e. The zero-order valence-corrected chi connectivity index (χ0v) is 39.4. The van der Waals surface area contributed by atoms with Crippen LogP contribution in [0.3, 0.4) is 0 Å². The Morgan fingerprint density at radius 1 is 0.883 bits per heavy atom. The third-order valence-corrected chi connectivity index (χ3v) is 13.5. The summed E-state index contributed by atoms with van der Waals surface area (Å²) in [5.74, 6) is -4.03. The molecule has 16 nitrogen and oxygen atoms in total. The van der Waals surface area contributed by atoms with Gasteiger partial charge < -0.3 is 63.1 Å². The fraction of sp³-hybridized carbons (Fsp3) is 0.932. The van der Waals surface area contributed by atoms with Crippen molar-refractivity contribution in [3.63, 3.8) is 0 Å². The highest BCUT2D eigenvalue weighted by Crippen LogP contribution is 2.42. The Hall–Kier alpha value is -1.99. The van der Waals surface area contributed by atoms with E-state index in [0.717, 1.165) is 12.8 Å². The maximum absolute atomic E-state index is 14.5. The Morgan fingerprint density at radius 3 is 2.05 bits per heavy atom. The molecule has 0 aromatic carbocycles. The summed E-state index contributed by atoms with van der Waals surface area (Å²) in [5, 5.41) is 26.6. The molecule has 3 rings (SSSR count). The van der Waals surface area contributed by atoms with Gasteiger partial charge in [0.15, 0.2) is 18.7 Å². The molecule has 0 bridgehead atoms. The number of hydrogen-bond donors (Lipinski definition) is 3. The molecule has 0 aromatic heterocycles. The van der Waals surface area contributed by atoms with E-state index in [9.17, 15) is 24.6 Å². The molecule has 3 aliphatic rings. The molecule has 16 heteroatoms. The van der Waals surface area contributed by atoms with Gasteiger partial charge in [0.25, 0.3) is 0 Å². The topological polar surface area (TPSA) is 190 Å². The van der Waals surface area contributed by atoms with E-state index in [4.69, 9.17) is 42.6 Å². The molecule has 3 N–H and O–H groups in total. The highest BCUT2D eigenvalue weighted by molar-refractivity contribution is 5.83. The molecule has 0 radical (unpaired) electrons. The van der Waals surface area contributed by atoms with Gasteiger partial charge in [-0.05, 0) is 81.3 Å². The molecular weight excluding hydrogens is 780 g/mol. The third-order valence-electron chi connectivity index (χ3n) is 13.5. The van der Waals surface area contributed by atoms with Crippen LogP contribution in [-0.2, 0) is 52.2 Å². The highest BCUT2D eigenvalue weighted by atomic mass is 16.7. The fourth-order valence-electron chi connectivity index (χ4n) is 9.75. The quantitative estimate of drug-likeness (QED) is 0.172. The number of unbranched alkanes of at least 4 members (excludes halogenated alkanes) is 1. The van der Waals surface area contributed by atoms with Crippen LogP contribution in [0.5, 0.6) is 0 Å². The van der Waals surface area contributed by atoms with Gasteiger partial charge in [-0.15, -0.1) is 0 Å². The van der Waals surface area contributed by atoms with Crippen molar-refractivity contribution in [1.29, 1.82) is 0 Å². The van der Waals surface area contributed by atoms with E-state index in [1.54, 1.807) is 34.6 Å². The summed E-state index contributed by atoms with van der Waals surface area (Å²) < 4.78 is 56.8. The highest BCUT2D eigenvalue weighted by Gasteiger charge is 2.55. The summed E-state index contributed by atoms with van der Waals surface area (Å²) in [4.78, 5) is 43.6. The Kier molecular flexibility index (Phi) is 19.3. The second kappa shape index (κ2) is 22.1. The minimum Gasteiger partial charge on any atom is -0.459 e. The van der Waals surface area contributed by atoms with Crippen molar-refractivity contribution in [1.82, 2.24) is 10.2 Å². The van der Waals surface area contributed by atoms with E-state index in [0.29, 0.717) is 13.0 Å². The number of alkyl carbamates (subject to hydrolysis) is 1. The molecule has 0 aliphatic carbocycles. The normalized spacial score (nSPS) is 43.9. The monoisotopic (exact) mass is 861 g/mol. The first-order valence-corrected chi connectivity index (χ1v) is 22.0. The summed E-state index contributed by atoms with van der Waals surface area (Å²) in [6, 6.07) is -0.291. The average molecular weight is 861 g/mol. The fourth-order valence-corrected chi connectivity index (χ4v) is 9.75. The number of aliphatic hydroxyl groups is 2. The summed E-state index contributed by atoms with van der Waals surface area (Å²) in [7, 11) is 8.27. The minimum absolute atomic E-state index is 0.108. The number of ether oxygens (including phenoxy) is 9. The molecule has 0 unspecified atom stereocenters. The van der Waals surface area contributed by atoms with Gasteiger partial charge in [0.05, 0.1) is 42.0 Å². The number of methoxy groups -OCH3 is 3. The van der Waals surface area contributed by atoms with Gasteiger partial charge in [-0.2, -0.15) is 0 Å². The van der Waals surface area contributed by atoms with Crippen LogP contribution in [0.2, 0.25) is 0 Å². The minimum atomic E-state index is -1.76. The van der Waals surface area contributed by atoms with Crippen LogP contribution in [0.15, 0.2) is 0 Å². The SMILES string of the molecule is CCCCNC(=O)O[C@H]1[C@H](C)O[C@@H](O[C@H]2[C@H](C)[C@@H](O[C@@H]3O[C@H](C)C[C@H](N(C)C)[C@H]3O)[C@](C)(OC)C[C@@H](C)C(=O)[C@H](C)[C@@H](OC)[C@](C)(O)[C@@H](CC)OC(=O)[C@@H]2C)C[C@@]1(C)OC. The molecule has 3 heterocycles. The van der Waals surface area contributed by atoms with Crippen LogP contribution in [0.4, 0.5) is 4.79 Å². The van der Waals surface area contributed by atoms with Gasteiger partial charge in [0, 0.05) is 58.1 Å². The van der Waals surface area contributed by atoms with Gasteiger partial charge in [0.1, 0.15) is 29.2 Å². The van der Waals surface area contributed by atoms with E-state index < -0.39 is 108 Å². The zero-order chi connectivity index (χ0) is 45.5. The maximum atomic E-state index is 14.5. The Morgan fingerprint density at radius 2 is 1.50 bits per heavy atom. The average Bonchev–Trinajstić information content (AvgIpc) is 3.19. The molecule has 0 saturated carbocycles. The largest absolute Gasteiger partial charge is 0.459 e. The standard InChI is InChI=1S/C44H80N2O14/c1-17-19-20-45-41(50)60-38-29(8)56-32(23-43(38,10)54-16)58-35-27(6)36(59-40-34(48)30(46(12)13)21-25(4)55-40)42(9,53-15)22-24(3)33(47)26(5)37(52-14)44(11,51)31(18-2)57-39(49)28(35)7/h24-32,34-38,40,48,51H,17-23H2,1-16H3,(H,45,50)/t24-,25-,26+,27+,28-,29+,30+,31-,32+,34-,35+,36-,37-,38+,40+,42-,43-,44-/m1/s1. The number of aliphatic hydroxyl groups excluding tert-OH is 1. The van der Waals surface area contributed by atoms with Gasteiger partial charge in [-0.25, -0.2) is 4.79 Å². The van der Waals surface area contributed by atoms with Gasteiger partial charge >= 0.3 is 12.1 Å². The number of ketones is 1. The number of hydrogen-bond acceptors (Lipinski definition) is 15. The molecule has 1 amide bonds. The van der Waals surface area contributed by atoms with E-state index in [1.165, 1.54) is 28.3 Å². The van der Waals surface area contributed by atoms with Crippen LogP contribution in [0.25, 0.3) is 0 Å². The smallest absolute Gasteiger partial charge is 0.407 e. The van der Waals surface area contributed by atoms with Crippen LogP contribution in [0, 0.1) is 23.7 Å². The Labute approximate surface area is 359 Å². The lowest BCUT2D eigenvalue weighted by Gasteiger charge is -2.50. The van der Waals surface area contributed by atoms with Crippen LogP contribution in [-0.4, -0.2) is 159 Å². The van der Waals surface area contributed by atoms with Crippen LogP contribution < -0.4 is 5.32 Å². The van der Waals surface area contributed by atoms with Crippen molar-refractivity contribution in [2.24, 2.45) is 23.7 Å². The van der Waals surface area contributed by atoms with Crippen molar-refractivity contribution >= 4 is 17.8 Å². The Balaban J connectivity index is 2.20. The number of carbonyl (C=O) groups is 3. The van der Waals surface area contributed by atoms with E-state index in [-0.39, 0.29) is 37.2 Å². The number of nitrogens with one attached hydrogen (secondary N) is 1. The second-order valence-corrected chi connectivity index (χ2v) is 18.5. The van der Waals surface area contributed by atoms with Gasteiger partial charge in [-0.1, -0.05) is 41.0 Å². The Bertz CT molecular complexity index is 1390. The predicted molar refractivity (Wildman–Crippen MR) is 223 cm³/mol. The summed E-state index contributed by atoms with van der Waals surface area (Å²) in [6.45, 7) is 20.2. The lowest BCUT2D eigenvalue weighted by molar-refractivity contribution is -0.319. The first kappa shape index (κ1) is 52.4. The van der Waals surface area contributed by atoms with Crippen molar-refractivity contribution in [3.8, 4) is 0 Å². The summed E-state index contributed by atoms with van der Waals surface area (Å²) in [5.41, 5.74) is -4.07. The second-order valence-electron chi connectivity index (χ2n) is 18.5. The molecular formula is C44H80N2O14. The van der Waals surface area contributed by atoms with Crippen molar-refractivity contribution in [2.45, 2.75) is 199 Å². The molecule has 18 atom stereocenters. The number of amides is 1. The summed E-state index contributed by atoms with van der Waals surface area (Å²) in [6.07, 6.45) is -6.85. The number of nitrogens with zero attached hydrogens (tertiary/aromatic N) is 1. The molecule has 0 spiro atoms. The van der Waals surface area contributed by atoms with E-state index in [2.05, 4.69) is 5.32 Å². The third kappa shape index (κ3) is 12.0. The predicted octanol–water partition coefficient (Wildman–Crippen LogP) is 4.63. The molecule has 0 aromatic rings. The number of carbonyl (C=O) groups excluding carboxylic acids is 3. The number of esters is 1. The molecule has 3 fully saturated rings. The molecule has 3 aliphatic heterocycles. The molecule has 350 valence electrons. The number of rotatable bonds is 13.